The van der Waals surface area contributed by atoms with E-state index in [1.165, 1.54) is 7.11 Å². The van der Waals surface area contributed by atoms with E-state index in [2.05, 4.69) is 10.1 Å². The molecule has 1 aliphatic carbocycles. The Morgan fingerprint density at radius 2 is 2.44 bits per heavy atom. The number of hydrogen-bond donors (Lipinski definition) is 2. The molecule has 4 nitrogen and oxygen atoms in total. The monoisotopic (exact) mass is 221 g/mol. The van der Waals surface area contributed by atoms with Crippen molar-refractivity contribution in [2.45, 2.75) is 18.9 Å². The molecule has 0 heterocycles. The molecule has 0 radical (unpaired) electrons. The van der Waals surface area contributed by atoms with Crippen molar-refractivity contribution in [2.24, 2.45) is 0 Å². The zero-order valence-corrected chi connectivity index (χ0v) is 9.19. The van der Waals surface area contributed by atoms with Crippen LogP contribution in [0.15, 0.2) is 18.2 Å². The average Bonchev–Trinajstić information content (AvgIpc) is 2.70. The molecule has 0 bridgehead atoms. The maximum Gasteiger partial charge on any atom is 0.319 e. The van der Waals surface area contributed by atoms with Crippen molar-refractivity contribution in [3.63, 3.8) is 0 Å². The number of benzene rings is 1. The van der Waals surface area contributed by atoms with E-state index in [1.54, 1.807) is 6.07 Å². The summed E-state index contributed by atoms with van der Waals surface area (Å²) in [6.45, 7) is 0.205. The van der Waals surface area contributed by atoms with E-state index >= 15 is 0 Å². The summed E-state index contributed by atoms with van der Waals surface area (Å²) in [7, 11) is 1.37. The number of carbonyl (C=O) groups is 1. The molecule has 2 rings (SSSR count). The zero-order chi connectivity index (χ0) is 11.5. The molecular weight excluding hydrogens is 206 g/mol. The van der Waals surface area contributed by atoms with Crippen LogP contribution in [0.4, 0.5) is 0 Å². The van der Waals surface area contributed by atoms with Gasteiger partial charge in [0.25, 0.3) is 0 Å². The Morgan fingerprint density at radius 3 is 3.19 bits per heavy atom. The number of phenolic OH excluding ortho intramolecular Hbond substituents is 1. The minimum atomic E-state index is -0.270. The van der Waals surface area contributed by atoms with Crippen LogP contribution in [0.5, 0.6) is 5.75 Å². The van der Waals surface area contributed by atoms with Gasteiger partial charge in [-0.2, -0.15) is 0 Å². The molecule has 0 spiro atoms. The van der Waals surface area contributed by atoms with E-state index in [9.17, 15) is 9.90 Å². The Labute approximate surface area is 94.2 Å². The van der Waals surface area contributed by atoms with Gasteiger partial charge in [-0.25, -0.2) is 0 Å². The number of hydrogen-bond acceptors (Lipinski definition) is 4. The molecule has 16 heavy (non-hydrogen) atoms. The number of methoxy groups -OCH3 is 1. The summed E-state index contributed by atoms with van der Waals surface area (Å²) in [5.41, 5.74) is 2.08. The lowest BCUT2D eigenvalue weighted by Crippen LogP contribution is -2.27. The SMILES string of the molecule is COC(=O)CNC1CCc2c(O)cccc21. The highest BCUT2D eigenvalue weighted by Crippen LogP contribution is 2.35. The van der Waals surface area contributed by atoms with Crippen LogP contribution in [-0.4, -0.2) is 24.7 Å². The largest absolute Gasteiger partial charge is 0.508 e. The van der Waals surface area contributed by atoms with E-state index in [-0.39, 0.29) is 18.6 Å². The normalized spacial score (nSPS) is 18.2. The van der Waals surface area contributed by atoms with Gasteiger partial charge in [-0.05, 0) is 30.0 Å². The molecule has 86 valence electrons. The number of carbonyl (C=O) groups excluding carboxylic acids is 1. The molecule has 2 N–H and O–H groups in total. The lowest BCUT2D eigenvalue weighted by Gasteiger charge is -2.12. The molecule has 0 saturated carbocycles. The summed E-state index contributed by atoms with van der Waals surface area (Å²) in [5, 5.41) is 12.8. The van der Waals surface area contributed by atoms with Gasteiger partial charge in [-0.1, -0.05) is 12.1 Å². The van der Waals surface area contributed by atoms with Gasteiger partial charge in [0.2, 0.25) is 0 Å². The number of phenols is 1. The van der Waals surface area contributed by atoms with Crippen molar-refractivity contribution in [1.82, 2.24) is 5.32 Å². The highest BCUT2D eigenvalue weighted by Gasteiger charge is 2.24. The number of esters is 1. The summed E-state index contributed by atoms with van der Waals surface area (Å²) in [5.74, 6) is 0.0773. The van der Waals surface area contributed by atoms with E-state index in [0.29, 0.717) is 5.75 Å². The van der Waals surface area contributed by atoms with Gasteiger partial charge >= 0.3 is 5.97 Å². The van der Waals surface area contributed by atoms with Gasteiger partial charge in [-0.3, -0.25) is 4.79 Å². The standard InChI is InChI=1S/C12H15NO3/c1-16-12(15)7-13-10-6-5-9-8(10)3-2-4-11(9)14/h2-4,10,13-14H,5-7H2,1H3. The van der Waals surface area contributed by atoms with E-state index in [0.717, 1.165) is 24.0 Å². The number of aromatic hydroxyl groups is 1. The second-order valence-electron chi connectivity index (χ2n) is 3.89. The highest BCUT2D eigenvalue weighted by molar-refractivity contribution is 5.71. The lowest BCUT2D eigenvalue weighted by atomic mass is 10.1. The predicted molar refractivity (Wildman–Crippen MR) is 59.2 cm³/mol. The highest BCUT2D eigenvalue weighted by atomic mass is 16.5. The van der Waals surface area contributed by atoms with Crippen LogP contribution in [0.25, 0.3) is 0 Å². The maximum atomic E-state index is 11.0. The van der Waals surface area contributed by atoms with Gasteiger partial charge in [0, 0.05) is 6.04 Å². The zero-order valence-electron chi connectivity index (χ0n) is 9.19. The fraction of sp³-hybridized carbons (Fsp3) is 0.417. The summed E-state index contributed by atoms with van der Waals surface area (Å²) >= 11 is 0. The molecular formula is C12H15NO3. The summed E-state index contributed by atoms with van der Waals surface area (Å²) < 4.78 is 4.57. The third-order valence-electron chi connectivity index (χ3n) is 2.97. The minimum absolute atomic E-state index is 0.140. The van der Waals surface area contributed by atoms with Crippen molar-refractivity contribution in [2.75, 3.05) is 13.7 Å². The van der Waals surface area contributed by atoms with Crippen molar-refractivity contribution in [3.05, 3.63) is 29.3 Å². The van der Waals surface area contributed by atoms with E-state index in [4.69, 9.17) is 0 Å². The quantitative estimate of drug-likeness (QED) is 0.751. The molecule has 0 aliphatic heterocycles. The van der Waals surface area contributed by atoms with Gasteiger partial charge in [0.15, 0.2) is 0 Å². The first kappa shape index (κ1) is 11.0. The van der Waals surface area contributed by atoms with Crippen molar-refractivity contribution in [3.8, 4) is 5.75 Å². The number of nitrogens with one attached hydrogen (secondary N) is 1. The van der Waals surface area contributed by atoms with Crippen LogP contribution >= 0.6 is 0 Å². The smallest absolute Gasteiger partial charge is 0.319 e. The Bertz CT molecular complexity index is 403. The molecule has 1 aliphatic rings. The molecule has 0 fully saturated rings. The van der Waals surface area contributed by atoms with E-state index < -0.39 is 0 Å². The van der Waals surface area contributed by atoms with Crippen LogP contribution < -0.4 is 5.32 Å². The van der Waals surface area contributed by atoms with Gasteiger partial charge < -0.3 is 15.2 Å². The molecule has 0 amide bonds. The Hall–Kier alpha value is -1.55. The number of fused-ring (bicyclic) bond motifs is 1. The van der Waals surface area contributed by atoms with Crippen molar-refractivity contribution >= 4 is 5.97 Å². The van der Waals surface area contributed by atoms with Gasteiger partial charge in [0.05, 0.1) is 13.7 Å². The molecule has 0 aromatic heterocycles. The number of ether oxygens (including phenoxy) is 1. The first-order valence-electron chi connectivity index (χ1n) is 5.33. The Morgan fingerprint density at radius 1 is 1.62 bits per heavy atom. The third-order valence-corrected chi connectivity index (χ3v) is 2.97. The fourth-order valence-electron chi connectivity index (χ4n) is 2.13. The van der Waals surface area contributed by atoms with Crippen molar-refractivity contribution in [1.29, 1.82) is 0 Å². The molecule has 0 saturated heterocycles. The van der Waals surface area contributed by atoms with E-state index in [1.807, 2.05) is 12.1 Å². The Kier molecular flexibility index (Phi) is 3.10. The molecule has 1 unspecified atom stereocenters. The van der Waals surface area contributed by atoms with Crippen LogP contribution in [-0.2, 0) is 16.0 Å². The molecule has 1 atom stereocenters. The number of rotatable bonds is 3. The second kappa shape index (κ2) is 4.53. The van der Waals surface area contributed by atoms with Gasteiger partial charge in [-0.15, -0.1) is 0 Å². The van der Waals surface area contributed by atoms with Crippen molar-refractivity contribution < 1.29 is 14.6 Å². The summed E-state index contributed by atoms with van der Waals surface area (Å²) in [4.78, 5) is 11.0. The fourth-order valence-corrected chi connectivity index (χ4v) is 2.13. The summed E-state index contributed by atoms with van der Waals surface area (Å²) in [6.07, 6.45) is 1.75. The first-order chi connectivity index (χ1) is 7.72. The van der Waals surface area contributed by atoms with Crippen LogP contribution in [0.3, 0.4) is 0 Å². The summed E-state index contributed by atoms with van der Waals surface area (Å²) in [6, 6.07) is 5.64. The maximum absolute atomic E-state index is 11.0. The average molecular weight is 221 g/mol. The molecule has 1 aromatic carbocycles. The first-order valence-corrected chi connectivity index (χ1v) is 5.33. The third kappa shape index (κ3) is 2.02. The van der Waals surface area contributed by atoms with Crippen LogP contribution in [0.2, 0.25) is 0 Å². The molecule has 4 heteroatoms. The van der Waals surface area contributed by atoms with Crippen LogP contribution in [0, 0.1) is 0 Å². The Balaban J connectivity index is 2.06. The molecule has 1 aromatic rings. The second-order valence-corrected chi connectivity index (χ2v) is 3.89. The lowest BCUT2D eigenvalue weighted by molar-refractivity contribution is -0.139. The van der Waals surface area contributed by atoms with Gasteiger partial charge in [0.1, 0.15) is 5.75 Å². The van der Waals surface area contributed by atoms with Crippen LogP contribution in [0.1, 0.15) is 23.6 Å². The topological polar surface area (TPSA) is 58.6 Å². The minimum Gasteiger partial charge on any atom is -0.508 e. The predicted octanol–water partition coefficient (Wildman–Crippen LogP) is 1.14.